The molecule has 2 rings (SSSR count). The molecule has 0 bridgehead atoms. The van der Waals surface area contributed by atoms with Crippen molar-refractivity contribution in [3.63, 3.8) is 0 Å². The quantitative estimate of drug-likeness (QED) is 0.820. The fourth-order valence-electron chi connectivity index (χ4n) is 3.31. The van der Waals surface area contributed by atoms with Crippen molar-refractivity contribution in [1.82, 2.24) is 10.3 Å². The predicted octanol–water partition coefficient (Wildman–Crippen LogP) is 4.96. The van der Waals surface area contributed by atoms with E-state index in [1.165, 1.54) is 31.4 Å². The van der Waals surface area contributed by atoms with Gasteiger partial charge >= 0.3 is 0 Å². The number of aromatic nitrogens is 1. The summed E-state index contributed by atoms with van der Waals surface area (Å²) in [6.45, 7) is 8.09. The predicted molar refractivity (Wildman–Crippen MR) is 88.6 cm³/mol. The van der Waals surface area contributed by atoms with Crippen LogP contribution in [0.5, 0.6) is 0 Å². The lowest BCUT2D eigenvalue weighted by molar-refractivity contribution is 0.169. The molecule has 1 heterocycles. The van der Waals surface area contributed by atoms with E-state index in [4.69, 9.17) is 0 Å². The van der Waals surface area contributed by atoms with E-state index in [1.807, 2.05) is 12.3 Å². The highest BCUT2D eigenvalue weighted by Gasteiger charge is 2.32. The molecular weight excluding hydrogens is 312 g/mol. The van der Waals surface area contributed by atoms with Gasteiger partial charge in [0.1, 0.15) is 0 Å². The summed E-state index contributed by atoms with van der Waals surface area (Å²) < 4.78 is 1.14. The van der Waals surface area contributed by atoms with E-state index in [0.717, 1.165) is 22.9 Å². The molecule has 1 N–H and O–H groups in total. The molecule has 112 valence electrons. The Morgan fingerprint density at radius 2 is 2.15 bits per heavy atom. The van der Waals surface area contributed by atoms with Crippen LogP contribution in [0.1, 0.15) is 58.2 Å². The van der Waals surface area contributed by atoms with Gasteiger partial charge in [-0.2, -0.15) is 0 Å². The summed E-state index contributed by atoms with van der Waals surface area (Å²) in [6, 6.07) is 4.49. The summed E-state index contributed by atoms with van der Waals surface area (Å²) in [5.74, 6) is 2.39. The van der Waals surface area contributed by atoms with Gasteiger partial charge in [0.2, 0.25) is 0 Å². The number of rotatable bonds is 5. The third-order valence-electron chi connectivity index (χ3n) is 4.81. The van der Waals surface area contributed by atoms with Crippen LogP contribution < -0.4 is 5.32 Å². The molecule has 2 nitrogen and oxygen atoms in total. The van der Waals surface area contributed by atoms with Crippen molar-refractivity contribution in [2.75, 3.05) is 6.54 Å². The van der Waals surface area contributed by atoms with Crippen molar-refractivity contribution in [3.05, 3.63) is 28.5 Å². The van der Waals surface area contributed by atoms with Crippen molar-refractivity contribution in [1.29, 1.82) is 0 Å². The van der Waals surface area contributed by atoms with E-state index in [2.05, 4.69) is 53.1 Å². The van der Waals surface area contributed by atoms with Gasteiger partial charge in [-0.15, -0.1) is 0 Å². The highest BCUT2D eigenvalue weighted by Crippen LogP contribution is 2.40. The Bertz CT molecular complexity index is 421. The Morgan fingerprint density at radius 1 is 1.35 bits per heavy atom. The molecule has 1 aliphatic rings. The summed E-state index contributed by atoms with van der Waals surface area (Å²) in [5.41, 5.74) is 1.19. The van der Waals surface area contributed by atoms with Crippen LogP contribution in [0, 0.1) is 17.8 Å². The summed E-state index contributed by atoms with van der Waals surface area (Å²) >= 11 is 3.68. The minimum atomic E-state index is 0.389. The zero-order valence-electron chi connectivity index (χ0n) is 12.9. The standard InChI is InChI=1S/C17H27BrN2/c1-4-9-19-16(17-15(18)6-5-10-20-17)14-8-7-12(2)13(3)11-14/h5-6,10,12-14,16,19H,4,7-9,11H2,1-3H3. The number of hydrogen-bond acceptors (Lipinski definition) is 2. The van der Waals surface area contributed by atoms with Crippen LogP contribution in [0.3, 0.4) is 0 Å². The fraction of sp³-hybridized carbons (Fsp3) is 0.706. The summed E-state index contributed by atoms with van der Waals surface area (Å²) in [5, 5.41) is 3.74. The van der Waals surface area contributed by atoms with Crippen molar-refractivity contribution in [2.45, 2.75) is 52.5 Å². The highest BCUT2D eigenvalue weighted by molar-refractivity contribution is 9.10. The van der Waals surface area contributed by atoms with Crippen molar-refractivity contribution in [2.24, 2.45) is 17.8 Å². The fourth-order valence-corrected chi connectivity index (χ4v) is 3.81. The molecular formula is C17H27BrN2. The second-order valence-electron chi connectivity index (χ2n) is 6.33. The largest absolute Gasteiger partial charge is 0.308 e. The average Bonchev–Trinajstić information content (AvgIpc) is 2.44. The molecule has 4 atom stereocenters. The number of halogens is 1. The summed E-state index contributed by atoms with van der Waals surface area (Å²) in [7, 11) is 0. The second-order valence-corrected chi connectivity index (χ2v) is 7.18. The Kier molecular flexibility index (Phi) is 6.03. The maximum Gasteiger partial charge on any atom is 0.0717 e. The molecule has 3 heteroatoms. The third-order valence-corrected chi connectivity index (χ3v) is 5.48. The molecule has 1 aromatic rings. The van der Waals surface area contributed by atoms with E-state index in [9.17, 15) is 0 Å². The topological polar surface area (TPSA) is 24.9 Å². The van der Waals surface area contributed by atoms with E-state index >= 15 is 0 Å². The first kappa shape index (κ1) is 16.0. The van der Waals surface area contributed by atoms with Gasteiger partial charge in [-0.05, 0) is 71.6 Å². The normalized spacial score (nSPS) is 28.3. The molecule has 1 fully saturated rings. The molecule has 0 radical (unpaired) electrons. The average molecular weight is 339 g/mol. The van der Waals surface area contributed by atoms with Gasteiger partial charge in [-0.25, -0.2) is 0 Å². The maximum absolute atomic E-state index is 4.64. The number of nitrogens with zero attached hydrogens (tertiary/aromatic N) is 1. The lowest BCUT2D eigenvalue weighted by Crippen LogP contribution is -2.34. The molecule has 0 saturated heterocycles. The van der Waals surface area contributed by atoms with Gasteiger partial charge in [0.05, 0.1) is 11.7 Å². The van der Waals surface area contributed by atoms with Crippen LogP contribution in [-0.4, -0.2) is 11.5 Å². The molecule has 1 aromatic heterocycles. The monoisotopic (exact) mass is 338 g/mol. The Balaban J connectivity index is 2.17. The SMILES string of the molecule is CCCNC(c1ncccc1Br)C1CCC(C)C(C)C1. The van der Waals surface area contributed by atoms with Gasteiger partial charge in [0.25, 0.3) is 0 Å². The number of nitrogens with one attached hydrogen (secondary N) is 1. The zero-order chi connectivity index (χ0) is 14.5. The first-order valence-corrected chi connectivity index (χ1v) is 8.76. The number of pyridine rings is 1. The Morgan fingerprint density at radius 3 is 2.80 bits per heavy atom. The van der Waals surface area contributed by atoms with Crippen LogP contribution in [0.15, 0.2) is 22.8 Å². The first-order chi connectivity index (χ1) is 9.63. The molecule has 1 aliphatic carbocycles. The number of hydrogen-bond donors (Lipinski definition) is 1. The smallest absolute Gasteiger partial charge is 0.0717 e. The summed E-state index contributed by atoms with van der Waals surface area (Å²) in [4.78, 5) is 4.64. The van der Waals surface area contributed by atoms with E-state index in [0.29, 0.717) is 12.0 Å². The molecule has 0 spiro atoms. The summed E-state index contributed by atoms with van der Waals surface area (Å²) in [6.07, 6.45) is 7.05. The van der Waals surface area contributed by atoms with Crippen molar-refractivity contribution < 1.29 is 0 Å². The van der Waals surface area contributed by atoms with Gasteiger partial charge in [-0.1, -0.05) is 27.2 Å². The van der Waals surface area contributed by atoms with Crippen LogP contribution in [0.2, 0.25) is 0 Å². The Labute approximate surface area is 131 Å². The first-order valence-electron chi connectivity index (χ1n) is 7.97. The van der Waals surface area contributed by atoms with Crippen molar-refractivity contribution in [3.8, 4) is 0 Å². The van der Waals surface area contributed by atoms with E-state index < -0.39 is 0 Å². The minimum absolute atomic E-state index is 0.389. The minimum Gasteiger partial charge on any atom is -0.308 e. The zero-order valence-corrected chi connectivity index (χ0v) is 14.5. The van der Waals surface area contributed by atoms with Crippen LogP contribution >= 0.6 is 15.9 Å². The van der Waals surface area contributed by atoms with Gasteiger partial charge < -0.3 is 5.32 Å². The highest BCUT2D eigenvalue weighted by atomic mass is 79.9. The molecule has 4 unspecified atom stereocenters. The molecule has 0 aliphatic heterocycles. The van der Waals surface area contributed by atoms with Crippen LogP contribution in [-0.2, 0) is 0 Å². The third kappa shape index (κ3) is 3.82. The molecule has 0 aromatic carbocycles. The Hall–Kier alpha value is -0.410. The van der Waals surface area contributed by atoms with E-state index in [-0.39, 0.29) is 0 Å². The van der Waals surface area contributed by atoms with Crippen molar-refractivity contribution >= 4 is 15.9 Å². The lowest BCUT2D eigenvalue weighted by Gasteiger charge is -2.37. The van der Waals surface area contributed by atoms with Gasteiger partial charge in [-0.3, -0.25) is 4.98 Å². The van der Waals surface area contributed by atoms with Gasteiger partial charge in [0.15, 0.2) is 0 Å². The van der Waals surface area contributed by atoms with Gasteiger partial charge in [0, 0.05) is 10.7 Å². The molecule has 0 amide bonds. The molecule has 20 heavy (non-hydrogen) atoms. The second kappa shape index (κ2) is 7.56. The van der Waals surface area contributed by atoms with Crippen LogP contribution in [0.4, 0.5) is 0 Å². The van der Waals surface area contributed by atoms with E-state index in [1.54, 1.807) is 0 Å². The lowest BCUT2D eigenvalue weighted by atomic mass is 9.72. The van der Waals surface area contributed by atoms with Crippen LogP contribution in [0.25, 0.3) is 0 Å². The maximum atomic E-state index is 4.64. The molecule has 1 saturated carbocycles.